The zero-order valence-electron chi connectivity index (χ0n) is 20.3. The van der Waals surface area contributed by atoms with E-state index in [-0.39, 0.29) is 12.4 Å². The number of hydrogen-bond acceptors (Lipinski definition) is 7. The zero-order chi connectivity index (χ0) is 24.6. The third-order valence-electron chi connectivity index (χ3n) is 6.93. The molecule has 2 aliphatic heterocycles. The Bertz CT molecular complexity index is 1510. The van der Waals surface area contributed by atoms with Crippen molar-refractivity contribution < 1.29 is 18.9 Å². The third-order valence-corrected chi connectivity index (χ3v) is 6.93. The van der Waals surface area contributed by atoms with E-state index in [9.17, 15) is 4.79 Å². The lowest BCUT2D eigenvalue weighted by Crippen LogP contribution is -2.35. The summed E-state index contributed by atoms with van der Waals surface area (Å²) < 4.78 is 23.8. The monoisotopic (exact) mass is 485 g/mol. The zero-order valence-corrected chi connectivity index (χ0v) is 20.3. The van der Waals surface area contributed by atoms with Crippen LogP contribution in [0.2, 0.25) is 0 Å². The predicted molar refractivity (Wildman–Crippen MR) is 136 cm³/mol. The fourth-order valence-corrected chi connectivity index (χ4v) is 5.01. The van der Waals surface area contributed by atoms with Crippen LogP contribution in [-0.2, 0) is 19.5 Å². The molecule has 0 aliphatic carbocycles. The number of hydrogen-bond donors (Lipinski definition) is 0. The molecule has 8 heteroatoms. The van der Waals surface area contributed by atoms with E-state index in [1.54, 1.807) is 18.8 Å². The lowest BCUT2D eigenvalue weighted by Gasteiger charge is -2.30. The van der Waals surface area contributed by atoms with Gasteiger partial charge in [0.1, 0.15) is 5.82 Å². The Hall–Kier alpha value is -4.04. The SMILES string of the molecule is COc1cc2c(cc1OC)CN(CCn1c(-c3ccc4c(c3)OCO4)nc3ccccc3c1=O)CC2. The van der Waals surface area contributed by atoms with E-state index in [2.05, 4.69) is 17.0 Å². The van der Waals surface area contributed by atoms with E-state index in [0.29, 0.717) is 41.3 Å². The number of para-hydroxylation sites is 1. The highest BCUT2D eigenvalue weighted by Gasteiger charge is 2.22. The van der Waals surface area contributed by atoms with Crippen LogP contribution in [0.3, 0.4) is 0 Å². The van der Waals surface area contributed by atoms with Gasteiger partial charge in [0.2, 0.25) is 6.79 Å². The fourth-order valence-electron chi connectivity index (χ4n) is 5.01. The first-order chi connectivity index (χ1) is 17.6. The van der Waals surface area contributed by atoms with Gasteiger partial charge in [0.05, 0.1) is 25.1 Å². The summed E-state index contributed by atoms with van der Waals surface area (Å²) in [6, 6.07) is 17.3. The van der Waals surface area contributed by atoms with Crippen molar-refractivity contribution in [3.8, 4) is 34.4 Å². The summed E-state index contributed by atoms with van der Waals surface area (Å²) in [7, 11) is 3.31. The van der Waals surface area contributed by atoms with Gasteiger partial charge in [-0.05, 0) is 60.0 Å². The number of nitrogens with zero attached hydrogens (tertiary/aromatic N) is 3. The minimum absolute atomic E-state index is 0.0444. The van der Waals surface area contributed by atoms with Crippen LogP contribution in [0.5, 0.6) is 23.0 Å². The summed E-state index contributed by atoms with van der Waals surface area (Å²) in [5, 5.41) is 0.614. The normalized spacial score (nSPS) is 14.6. The summed E-state index contributed by atoms with van der Waals surface area (Å²) in [4.78, 5) is 20.9. The van der Waals surface area contributed by atoms with E-state index < -0.39 is 0 Å². The highest BCUT2D eigenvalue weighted by atomic mass is 16.7. The maximum Gasteiger partial charge on any atom is 0.261 e. The molecule has 3 heterocycles. The van der Waals surface area contributed by atoms with Gasteiger partial charge >= 0.3 is 0 Å². The van der Waals surface area contributed by atoms with Gasteiger partial charge in [-0.1, -0.05) is 12.1 Å². The van der Waals surface area contributed by atoms with Crippen molar-refractivity contribution in [2.24, 2.45) is 0 Å². The predicted octanol–water partition coefficient (Wildman–Crippen LogP) is 3.87. The number of methoxy groups -OCH3 is 2. The highest BCUT2D eigenvalue weighted by molar-refractivity contribution is 5.80. The van der Waals surface area contributed by atoms with E-state index in [0.717, 1.165) is 36.6 Å². The second-order valence-corrected chi connectivity index (χ2v) is 8.98. The number of aromatic nitrogens is 2. The molecule has 0 bridgehead atoms. The molecule has 0 fully saturated rings. The van der Waals surface area contributed by atoms with Crippen LogP contribution in [0.25, 0.3) is 22.3 Å². The van der Waals surface area contributed by atoms with E-state index in [1.165, 1.54) is 11.1 Å². The molecule has 0 atom stereocenters. The van der Waals surface area contributed by atoms with Crippen molar-refractivity contribution in [3.05, 3.63) is 76.1 Å². The van der Waals surface area contributed by atoms with Crippen molar-refractivity contribution in [3.63, 3.8) is 0 Å². The summed E-state index contributed by atoms with van der Waals surface area (Å²) in [5.41, 5.74) is 3.95. The summed E-state index contributed by atoms with van der Waals surface area (Å²) >= 11 is 0. The van der Waals surface area contributed by atoms with Gasteiger partial charge in [-0.2, -0.15) is 0 Å². The molecule has 6 rings (SSSR count). The largest absolute Gasteiger partial charge is 0.493 e. The van der Waals surface area contributed by atoms with Gasteiger partial charge in [-0.25, -0.2) is 4.98 Å². The number of fused-ring (bicyclic) bond motifs is 3. The van der Waals surface area contributed by atoms with Gasteiger partial charge in [0.15, 0.2) is 23.0 Å². The molecule has 0 spiro atoms. The first kappa shape index (κ1) is 22.4. The van der Waals surface area contributed by atoms with Crippen LogP contribution in [-0.4, -0.2) is 48.6 Å². The molecular weight excluding hydrogens is 458 g/mol. The van der Waals surface area contributed by atoms with Gasteiger partial charge < -0.3 is 18.9 Å². The van der Waals surface area contributed by atoms with Crippen LogP contribution in [0.15, 0.2) is 59.4 Å². The molecule has 36 heavy (non-hydrogen) atoms. The van der Waals surface area contributed by atoms with Crippen molar-refractivity contribution >= 4 is 10.9 Å². The Morgan fingerprint density at radius 2 is 1.69 bits per heavy atom. The highest BCUT2D eigenvalue weighted by Crippen LogP contribution is 2.36. The smallest absolute Gasteiger partial charge is 0.261 e. The Kier molecular flexibility index (Phi) is 5.73. The molecule has 8 nitrogen and oxygen atoms in total. The molecule has 4 aromatic rings. The van der Waals surface area contributed by atoms with Gasteiger partial charge in [-0.15, -0.1) is 0 Å². The summed E-state index contributed by atoms with van der Waals surface area (Å²) in [5.74, 6) is 3.48. The van der Waals surface area contributed by atoms with Crippen LogP contribution >= 0.6 is 0 Å². The van der Waals surface area contributed by atoms with E-state index >= 15 is 0 Å². The minimum atomic E-state index is -0.0444. The summed E-state index contributed by atoms with van der Waals surface area (Å²) in [6.07, 6.45) is 0.912. The molecule has 0 N–H and O–H groups in total. The van der Waals surface area contributed by atoms with Crippen LogP contribution in [0, 0.1) is 0 Å². The molecule has 2 aliphatic rings. The molecule has 3 aromatic carbocycles. The molecule has 0 unspecified atom stereocenters. The average molecular weight is 486 g/mol. The molecule has 0 saturated carbocycles. The molecule has 184 valence electrons. The van der Waals surface area contributed by atoms with E-state index in [1.807, 2.05) is 42.5 Å². The number of benzene rings is 3. The topological polar surface area (TPSA) is 75.1 Å². The van der Waals surface area contributed by atoms with Crippen molar-refractivity contribution in [1.82, 2.24) is 14.5 Å². The van der Waals surface area contributed by atoms with Gasteiger partial charge in [0, 0.05) is 31.7 Å². The Balaban J connectivity index is 1.32. The minimum Gasteiger partial charge on any atom is -0.493 e. The molecule has 0 amide bonds. The quantitative estimate of drug-likeness (QED) is 0.410. The van der Waals surface area contributed by atoms with Gasteiger partial charge in [-0.3, -0.25) is 14.3 Å². The Morgan fingerprint density at radius 3 is 2.53 bits per heavy atom. The second kappa shape index (κ2) is 9.20. The van der Waals surface area contributed by atoms with E-state index in [4.69, 9.17) is 23.9 Å². The summed E-state index contributed by atoms with van der Waals surface area (Å²) in [6.45, 7) is 3.11. The lowest BCUT2D eigenvalue weighted by atomic mass is 9.99. The fraction of sp³-hybridized carbons (Fsp3) is 0.286. The average Bonchev–Trinajstić information content (AvgIpc) is 3.39. The maximum absolute atomic E-state index is 13.6. The van der Waals surface area contributed by atoms with Crippen molar-refractivity contribution in [2.45, 2.75) is 19.5 Å². The Labute approximate surface area is 208 Å². The maximum atomic E-state index is 13.6. The van der Waals surface area contributed by atoms with Crippen molar-refractivity contribution in [2.75, 3.05) is 34.1 Å². The van der Waals surface area contributed by atoms with Crippen LogP contribution < -0.4 is 24.5 Å². The number of ether oxygens (including phenoxy) is 4. The number of rotatable bonds is 6. The second-order valence-electron chi connectivity index (χ2n) is 8.98. The molecule has 1 aromatic heterocycles. The standard InChI is InChI=1S/C28H27N3O5/c1-33-24-13-18-9-10-30(16-20(18)15-25(24)34-2)11-12-31-27(19-7-8-23-26(14-19)36-17-35-23)29-22-6-4-3-5-21(22)28(31)32/h3-8,13-15H,9-12,16-17H2,1-2H3. The first-order valence-electron chi connectivity index (χ1n) is 12.0. The third kappa shape index (κ3) is 3.93. The van der Waals surface area contributed by atoms with Crippen molar-refractivity contribution in [1.29, 1.82) is 0 Å². The van der Waals surface area contributed by atoms with Crippen LogP contribution in [0.4, 0.5) is 0 Å². The molecule has 0 radical (unpaired) electrons. The Morgan fingerprint density at radius 1 is 0.917 bits per heavy atom. The van der Waals surface area contributed by atoms with Gasteiger partial charge in [0.25, 0.3) is 5.56 Å². The molecule has 0 saturated heterocycles. The molecular formula is C28H27N3O5. The lowest BCUT2D eigenvalue weighted by molar-refractivity contribution is 0.174. The van der Waals surface area contributed by atoms with Crippen LogP contribution in [0.1, 0.15) is 11.1 Å². The first-order valence-corrected chi connectivity index (χ1v) is 12.0.